The van der Waals surface area contributed by atoms with Gasteiger partial charge in [-0.25, -0.2) is 0 Å². The van der Waals surface area contributed by atoms with Gasteiger partial charge in [-0.05, 0) is 24.3 Å². The Kier molecular flexibility index (Phi) is 2.50. The van der Waals surface area contributed by atoms with Crippen molar-refractivity contribution in [3.8, 4) is 0 Å². The number of carboxylic acids is 1. The Morgan fingerprint density at radius 1 is 1.47 bits per heavy atom. The highest BCUT2D eigenvalue weighted by Gasteiger charge is 2.18. The summed E-state index contributed by atoms with van der Waals surface area (Å²) in [6.45, 7) is 0. The number of aliphatic carboxylic acids is 1. The van der Waals surface area contributed by atoms with Gasteiger partial charge in [-0.3, -0.25) is 4.79 Å². The molecular weight excluding hydrogens is 262 g/mol. The fourth-order valence-electron chi connectivity index (χ4n) is 1.30. The summed E-state index contributed by atoms with van der Waals surface area (Å²) < 4.78 is 6.21. The van der Waals surface area contributed by atoms with Gasteiger partial charge in [0, 0.05) is 9.86 Å². The summed E-state index contributed by atoms with van der Waals surface area (Å²) in [6, 6.07) is 5.99. The molecule has 0 fully saturated rings. The first-order chi connectivity index (χ1) is 7.08. The summed E-state index contributed by atoms with van der Waals surface area (Å²) in [5, 5.41) is 9.56. The van der Waals surface area contributed by atoms with Gasteiger partial charge in [0.05, 0.1) is 0 Å². The van der Waals surface area contributed by atoms with Crippen LogP contribution in [-0.4, -0.2) is 11.1 Å². The van der Waals surface area contributed by atoms with Crippen molar-refractivity contribution in [2.75, 3.05) is 0 Å². The molecule has 0 amide bonds. The summed E-state index contributed by atoms with van der Waals surface area (Å²) >= 11 is 3.30. The van der Waals surface area contributed by atoms with Gasteiger partial charge in [0.25, 0.3) is 0 Å². The van der Waals surface area contributed by atoms with E-state index in [-0.39, 0.29) is 5.76 Å². The molecule has 0 bridgehead atoms. The smallest absolute Gasteiger partial charge is 0.328 e. The van der Waals surface area contributed by atoms with E-state index in [1.807, 2.05) is 12.1 Å². The Morgan fingerprint density at radius 3 is 2.87 bits per heavy atom. The van der Waals surface area contributed by atoms with E-state index in [1.54, 1.807) is 12.1 Å². The summed E-state index contributed by atoms with van der Waals surface area (Å²) in [6.07, 6.45) is 0. The maximum atomic E-state index is 10.6. The number of furan rings is 1. The molecule has 0 aliphatic rings. The van der Waals surface area contributed by atoms with Gasteiger partial charge >= 0.3 is 5.97 Å². The third-order valence-electron chi connectivity index (χ3n) is 2.07. The molecule has 1 aromatic carbocycles. The largest absolute Gasteiger partial charge is 0.480 e. The van der Waals surface area contributed by atoms with Crippen LogP contribution in [0.5, 0.6) is 0 Å². The summed E-state index contributed by atoms with van der Waals surface area (Å²) in [5.74, 6) is -0.844. The first-order valence-electron chi connectivity index (χ1n) is 4.25. The maximum Gasteiger partial charge on any atom is 0.328 e. The van der Waals surface area contributed by atoms with Crippen LogP contribution in [0.1, 0.15) is 11.8 Å². The molecule has 0 aliphatic carbocycles. The van der Waals surface area contributed by atoms with Crippen LogP contribution in [0, 0.1) is 0 Å². The Morgan fingerprint density at radius 2 is 2.20 bits per heavy atom. The van der Waals surface area contributed by atoms with Crippen molar-refractivity contribution >= 4 is 32.9 Å². The third kappa shape index (κ3) is 1.88. The van der Waals surface area contributed by atoms with Crippen LogP contribution in [0.4, 0.5) is 0 Å². The topological polar surface area (TPSA) is 76.5 Å². The second-order valence-corrected chi connectivity index (χ2v) is 4.06. The van der Waals surface area contributed by atoms with Gasteiger partial charge in [0.2, 0.25) is 0 Å². The van der Waals surface area contributed by atoms with Crippen LogP contribution in [0.2, 0.25) is 0 Å². The molecular formula is C10H8BrNO3. The molecule has 15 heavy (non-hydrogen) atoms. The second kappa shape index (κ2) is 3.67. The minimum Gasteiger partial charge on any atom is -0.480 e. The monoisotopic (exact) mass is 269 g/mol. The van der Waals surface area contributed by atoms with Gasteiger partial charge < -0.3 is 15.3 Å². The number of rotatable bonds is 2. The molecule has 1 unspecified atom stereocenters. The van der Waals surface area contributed by atoms with E-state index in [9.17, 15) is 4.79 Å². The maximum absolute atomic E-state index is 10.6. The fourth-order valence-corrected chi connectivity index (χ4v) is 1.64. The standard InChI is InChI=1S/C10H8BrNO3/c11-6-2-1-5-3-8(9(12)10(13)14)15-7(5)4-6/h1-4,9H,12H2,(H,13,14). The van der Waals surface area contributed by atoms with Crippen LogP contribution < -0.4 is 5.73 Å². The lowest BCUT2D eigenvalue weighted by Gasteiger charge is -1.99. The molecule has 1 atom stereocenters. The van der Waals surface area contributed by atoms with Crippen LogP contribution in [0.25, 0.3) is 11.0 Å². The molecule has 2 rings (SSSR count). The lowest BCUT2D eigenvalue weighted by atomic mass is 10.2. The Balaban J connectivity index is 2.51. The first-order valence-corrected chi connectivity index (χ1v) is 5.04. The molecule has 0 saturated carbocycles. The quantitative estimate of drug-likeness (QED) is 0.877. The summed E-state index contributed by atoms with van der Waals surface area (Å²) in [4.78, 5) is 10.6. The van der Waals surface area contributed by atoms with Crippen molar-refractivity contribution in [2.45, 2.75) is 6.04 Å². The predicted molar refractivity (Wildman–Crippen MR) is 58.5 cm³/mol. The number of halogens is 1. The number of nitrogens with two attached hydrogens (primary N) is 1. The fraction of sp³-hybridized carbons (Fsp3) is 0.100. The molecule has 2 aromatic rings. The van der Waals surface area contributed by atoms with Crippen molar-refractivity contribution in [2.24, 2.45) is 5.73 Å². The van der Waals surface area contributed by atoms with E-state index in [4.69, 9.17) is 15.3 Å². The zero-order valence-electron chi connectivity index (χ0n) is 7.61. The molecule has 1 heterocycles. The van der Waals surface area contributed by atoms with E-state index in [0.717, 1.165) is 9.86 Å². The minimum absolute atomic E-state index is 0.260. The molecule has 5 heteroatoms. The second-order valence-electron chi connectivity index (χ2n) is 3.15. The molecule has 0 aliphatic heterocycles. The zero-order chi connectivity index (χ0) is 11.0. The number of carboxylic acid groups (broad SMARTS) is 1. The number of hydrogen-bond acceptors (Lipinski definition) is 3. The molecule has 4 nitrogen and oxygen atoms in total. The molecule has 0 radical (unpaired) electrons. The average molecular weight is 270 g/mol. The number of benzene rings is 1. The van der Waals surface area contributed by atoms with E-state index in [2.05, 4.69) is 15.9 Å². The minimum atomic E-state index is -1.11. The molecule has 3 N–H and O–H groups in total. The Labute approximate surface area is 93.8 Å². The van der Waals surface area contributed by atoms with Crippen molar-refractivity contribution in [1.29, 1.82) is 0 Å². The molecule has 1 aromatic heterocycles. The van der Waals surface area contributed by atoms with Crippen molar-refractivity contribution in [3.63, 3.8) is 0 Å². The summed E-state index contributed by atoms with van der Waals surface area (Å²) in [7, 11) is 0. The third-order valence-corrected chi connectivity index (χ3v) is 2.57. The highest BCUT2D eigenvalue weighted by atomic mass is 79.9. The zero-order valence-corrected chi connectivity index (χ0v) is 9.19. The van der Waals surface area contributed by atoms with E-state index in [1.165, 1.54) is 0 Å². The van der Waals surface area contributed by atoms with E-state index < -0.39 is 12.0 Å². The lowest BCUT2D eigenvalue weighted by molar-refractivity contribution is -0.139. The number of fused-ring (bicyclic) bond motifs is 1. The molecule has 0 spiro atoms. The van der Waals surface area contributed by atoms with Crippen molar-refractivity contribution in [1.82, 2.24) is 0 Å². The van der Waals surface area contributed by atoms with Crippen LogP contribution >= 0.6 is 15.9 Å². The predicted octanol–water partition coefficient (Wildman–Crippen LogP) is 2.28. The van der Waals surface area contributed by atoms with Gasteiger partial charge in [0.15, 0.2) is 6.04 Å². The van der Waals surface area contributed by atoms with Crippen molar-refractivity contribution < 1.29 is 14.3 Å². The van der Waals surface area contributed by atoms with Crippen LogP contribution in [0.15, 0.2) is 33.2 Å². The van der Waals surface area contributed by atoms with Crippen LogP contribution in [-0.2, 0) is 4.79 Å². The summed E-state index contributed by atoms with van der Waals surface area (Å²) in [5.41, 5.74) is 6.06. The number of hydrogen-bond donors (Lipinski definition) is 2. The SMILES string of the molecule is NC(C(=O)O)c1cc2ccc(Br)cc2o1. The van der Waals surface area contributed by atoms with Gasteiger partial charge in [-0.15, -0.1) is 0 Å². The molecule has 78 valence electrons. The Bertz CT molecular complexity index is 520. The lowest BCUT2D eigenvalue weighted by Crippen LogP contribution is -2.19. The van der Waals surface area contributed by atoms with Gasteiger partial charge in [-0.2, -0.15) is 0 Å². The highest BCUT2D eigenvalue weighted by molar-refractivity contribution is 9.10. The van der Waals surface area contributed by atoms with E-state index >= 15 is 0 Å². The van der Waals surface area contributed by atoms with Gasteiger partial charge in [0.1, 0.15) is 11.3 Å². The molecule has 0 saturated heterocycles. The van der Waals surface area contributed by atoms with Gasteiger partial charge in [-0.1, -0.05) is 15.9 Å². The number of carbonyl (C=O) groups is 1. The van der Waals surface area contributed by atoms with Crippen LogP contribution in [0.3, 0.4) is 0 Å². The van der Waals surface area contributed by atoms with Crippen molar-refractivity contribution in [3.05, 3.63) is 34.5 Å². The Hall–Kier alpha value is -1.33. The first kappa shape index (κ1) is 10.2. The highest BCUT2D eigenvalue weighted by Crippen LogP contribution is 2.25. The normalized spacial score (nSPS) is 12.9. The average Bonchev–Trinajstić information content (AvgIpc) is 2.58. The van der Waals surface area contributed by atoms with E-state index in [0.29, 0.717) is 5.58 Å².